The van der Waals surface area contributed by atoms with Crippen LogP contribution in [0.3, 0.4) is 0 Å². The smallest absolute Gasteiger partial charge is 0.262 e. The van der Waals surface area contributed by atoms with Crippen LogP contribution in [0.25, 0.3) is 0 Å². The zero-order valence-electron chi connectivity index (χ0n) is 14.7. The van der Waals surface area contributed by atoms with Crippen molar-refractivity contribution in [2.24, 2.45) is 5.92 Å². The van der Waals surface area contributed by atoms with Crippen molar-refractivity contribution in [2.75, 3.05) is 13.2 Å². The summed E-state index contributed by atoms with van der Waals surface area (Å²) < 4.78 is 5.52. The Morgan fingerprint density at radius 2 is 1.88 bits per heavy atom. The first kappa shape index (κ1) is 17.6. The number of nitrogens with zero attached hydrogens (tertiary/aromatic N) is 1. The van der Waals surface area contributed by atoms with Crippen LogP contribution in [-0.4, -0.2) is 47.9 Å². The Kier molecular flexibility index (Phi) is 5.18. The maximum atomic E-state index is 12.8. The lowest BCUT2D eigenvalue weighted by Crippen LogP contribution is -2.51. The Hall–Kier alpha value is -2.21. The molecule has 1 aromatic rings. The van der Waals surface area contributed by atoms with E-state index in [2.05, 4.69) is 5.32 Å². The topological polar surface area (TPSA) is 75.7 Å². The average Bonchev–Trinajstić information content (AvgIpc) is 3.19. The molecule has 25 heavy (non-hydrogen) atoms. The van der Waals surface area contributed by atoms with Gasteiger partial charge in [-0.2, -0.15) is 0 Å². The van der Waals surface area contributed by atoms with Gasteiger partial charge in [0.2, 0.25) is 5.91 Å². The van der Waals surface area contributed by atoms with Crippen LogP contribution in [0.4, 0.5) is 0 Å². The molecule has 0 bridgehead atoms. The van der Waals surface area contributed by atoms with Gasteiger partial charge >= 0.3 is 0 Å². The Morgan fingerprint density at radius 1 is 1.24 bits per heavy atom. The molecule has 1 aromatic carbocycles. The van der Waals surface area contributed by atoms with Gasteiger partial charge in [0.25, 0.3) is 11.8 Å². The minimum absolute atomic E-state index is 0.0193. The van der Waals surface area contributed by atoms with E-state index in [1.54, 1.807) is 24.3 Å². The van der Waals surface area contributed by atoms with Gasteiger partial charge in [-0.05, 0) is 37.3 Å². The molecule has 2 heterocycles. The summed E-state index contributed by atoms with van der Waals surface area (Å²) in [5, 5.41) is 2.86. The number of carbonyl (C=O) groups excluding carboxylic acids is 3. The van der Waals surface area contributed by atoms with E-state index in [-0.39, 0.29) is 17.9 Å². The summed E-state index contributed by atoms with van der Waals surface area (Å²) in [5.74, 6) is -0.904. The Bertz CT molecular complexity index is 645. The van der Waals surface area contributed by atoms with Gasteiger partial charge in [0.1, 0.15) is 6.04 Å². The normalized spacial score (nSPS) is 20.9. The Balaban J connectivity index is 1.77. The van der Waals surface area contributed by atoms with Crippen molar-refractivity contribution in [3.63, 3.8) is 0 Å². The molecule has 1 fully saturated rings. The number of amides is 3. The van der Waals surface area contributed by atoms with Crippen LogP contribution in [0.2, 0.25) is 0 Å². The van der Waals surface area contributed by atoms with Crippen LogP contribution in [0.1, 0.15) is 53.8 Å². The van der Waals surface area contributed by atoms with Crippen molar-refractivity contribution >= 4 is 17.7 Å². The zero-order chi connectivity index (χ0) is 18.0. The largest absolute Gasteiger partial charge is 0.376 e. The maximum absolute atomic E-state index is 12.8. The van der Waals surface area contributed by atoms with Gasteiger partial charge in [-0.1, -0.05) is 26.0 Å². The highest BCUT2D eigenvalue weighted by atomic mass is 16.5. The number of benzene rings is 1. The summed E-state index contributed by atoms with van der Waals surface area (Å²) >= 11 is 0. The van der Waals surface area contributed by atoms with Crippen molar-refractivity contribution in [1.82, 2.24) is 10.2 Å². The van der Waals surface area contributed by atoms with E-state index in [0.717, 1.165) is 17.7 Å². The lowest BCUT2D eigenvalue weighted by Gasteiger charge is -2.27. The quantitative estimate of drug-likeness (QED) is 0.801. The molecular weight excluding hydrogens is 320 g/mol. The van der Waals surface area contributed by atoms with Crippen LogP contribution < -0.4 is 5.32 Å². The first-order chi connectivity index (χ1) is 12.0. The van der Waals surface area contributed by atoms with Gasteiger partial charge < -0.3 is 10.1 Å². The van der Waals surface area contributed by atoms with Crippen molar-refractivity contribution in [2.45, 2.75) is 45.3 Å². The van der Waals surface area contributed by atoms with E-state index in [4.69, 9.17) is 4.74 Å². The Labute approximate surface area is 147 Å². The molecule has 1 saturated heterocycles. The van der Waals surface area contributed by atoms with E-state index in [0.29, 0.717) is 30.7 Å². The van der Waals surface area contributed by atoms with E-state index in [9.17, 15) is 14.4 Å². The molecule has 3 rings (SSSR count). The number of hydrogen-bond acceptors (Lipinski definition) is 4. The van der Waals surface area contributed by atoms with E-state index in [1.807, 2.05) is 13.8 Å². The fraction of sp³-hybridized carbons (Fsp3) is 0.526. The number of nitrogens with one attached hydrogen (secondary N) is 1. The van der Waals surface area contributed by atoms with Crippen LogP contribution in [0.5, 0.6) is 0 Å². The number of hydrogen-bond donors (Lipinski definition) is 1. The monoisotopic (exact) mass is 344 g/mol. The highest BCUT2D eigenvalue weighted by Crippen LogP contribution is 2.27. The molecule has 2 unspecified atom stereocenters. The molecule has 0 aliphatic carbocycles. The van der Waals surface area contributed by atoms with E-state index >= 15 is 0 Å². The number of carbonyl (C=O) groups is 3. The highest BCUT2D eigenvalue weighted by Gasteiger charge is 2.42. The second-order valence-corrected chi connectivity index (χ2v) is 7.05. The predicted molar refractivity (Wildman–Crippen MR) is 92.2 cm³/mol. The molecule has 2 atom stereocenters. The summed E-state index contributed by atoms with van der Waals surface area (Å²) in [4.78, 5) is 39.3. The second-order valence-electron chi connectivity index (χ2n) is 7.05. The fourth-order valence-corrected chi connectivity index (χ4v) is 3.40. The number of fused-ring (bicyclic) bond motifs is 1. The van der Waals surface area contributed by atoms with Gasteiger partial charge in [-0.3, -0.25) is 19.3 Å². The summed E-state index contributed by atoms with van der Waals surface area (Å²) in [6.45, 7) is 5.07. The molecule has 6 nitrogen and oxygen atoms in total. The molecule has 0 saturated carbocycles. The molecule has 6 heteroatoms. The van der Waals surface area contributed by atoms with Crippen LogP contribution in [-0.2, 0) is 9.53 Å². The molecule has 3 amide bonds. The van der Waals surface area contributed by atoms with Gasteiger partial charge in [-0.15, -0.1) is 0 Å². The molecule has 0 radical (unpaired) electrons. The van der Waals surface area contributed by atoms with Gasteiger partial charge in [-0.25, -0.2) is 0 Å². The third kappa shape index (κ3) is 3.58. The molecular formula is C19H24N2O4. The molecule has 2 aliphatic rings. The second kappa shape index (κ2) is 7.35. The zero-order valence-corrected chi connectivity index (χ0v) is 14.7. The maximum Gasteiger partial charge on any atom is 0.262 e. The van der Waals surface area contributed by atoms with Crippen molar-refractivity contribution in [3.05, 3.63) is 35.4 Å². The van der Waals surface area contributed by atoms with Gasteiger partial charge in [0, 0.05) is 13.2 Å². The summed E-state index contributed by atoms with van der Waals surface area (Å²) in [5.41, 5.74) is 0.737. The Morgan fingerprint density at radius 3 is 2.40 bits per heavy atom. The first-order valence-corrected chi connectivity index (χ1v) is 8.85. The minimum Gasteiger partial charge on any atom is -0.376 e. The highest BCUT2D eigenvalue weighted by molar-refractivity contribution is 6.22. The lowest BCUT2D eigenvalue weighted by atomic mass is 10.0. The van der Waals surface area contributed by atoms with Gasteiger partial charge in [0.15, 0.2) is 0 Å². The van der Waals surface area contributed by atoms with Gasteiger partial charge in [0.05, 0.1) is 17.2 Å². The number of ether oxygens (including phenoxy) is 1. The first-order valence-electron chi connectivity index (χ1n) is 8.85. The average molecular weight is 344 g/mol. The minimum atomic E-state index is -0.797. The van der Waals surface area contributed by atoms with E-state index in [1.165, 1.54) is 0 Å². The third-order valence-electron chi connectivity index (χ3n) is 4.66. The fourth-order valence-electron chi connectivity index (χ4n) is 3.40. The predicted octanol–water partition coefficient (Wildman–Crippen LogP) is 1.99. The van der Waals surface area contributed by atoms with Crippen LogP contribution in [0.15, 0.2) is 24.3 Å². The standard InChI is InChI=1S/C19H24N2O4/c1-12(2)10-16(17(22)20-11-13-6-5-9-25-13)21-18(23)14-7-3-4-8-15(14)19(21)24/h3-4,7-8,12-13,16H,5-6,9-11H2,1-2H3,(H,20,22). The van der Waals surface area contributed by atoms with E-state index < -0.39 is 17.9 Å². The SMILES string of the molecule is CC(C)CC(C(=O)NCC1CCCO1)N1C(=O)c2ccccc2C1=O. The summed E-state index contributed by atoms with van der Waals surface area (Å²) in [6.07, 6.45) is 2.37. The number of imide groups is 1. The molecule has 0 spiro atoms. The van der Waals surface area contributed by atoms with Crippen molar-refractivity contribution in [1.29, 1.82) is 0 Å². The lowest BCUT2D eigenvalue weighted by molar-refractivity contribution is -0.126. The van der Waals surface area contributed by atoms with Crippen molar-refractivity contribution < 1.29 is 19.1 Å². The summed E-state index contributed by atoms with van der Waals surface area (Å²) in [7, 11) is 0. The van der Waals surface area contributed by atoms with Crippen molar-refractivity contribution in [3.8, 4) is 0 Å². The molecule has 2 aliphatic heterocycles. The molecule has 134 valence electrons. The van der Waals surface area contributed by atoms with Crippen LogP contribution in [0, 0.1) is 5.92 Å². The van der Waals surface area contributed by atoms with Crippen LogP contribution >= 0.6 is 0 Å². The number of rotatable bonds is 6. The summed E-state index contributed by atoms with van der Waals surface area (Å²) in [6, 6.07) is 5.91. The molecule has 0 aromatic heterocycles. The molecule has 1 N–H and O–H groups in total. The third-order valence-corrected chi connectivity index (χ3v) is 4.66.